The van der Waals surface area contributed by atoms with Crippen LogP contribution in [0.1, 0.15) is 42.6 Å². The second-order valence-corrected chi connectivity index (χ2v) is 9.62. The van der Waals surface area contributed by atoms with Gasteiger partial charge in [0, 0.05) is 43.9 Å². The van der Waals surface area contributed by atoms with E-state index in [0.29, 0.717) is 30.1 Å². The van der Waals surface area contributed by atoms with E-state index in [1.54, 1.807) is 35.5 Å². The van der Waals surface area contributed by atoms with Gasteiger partial charge in [0.2, 0.25) is 5.91 Å². The molecule has 0 radical (unpaired) electrons. The van der Waals surface area contributed by atoms with Crippen LogP contribution in [-0.4, -0.2) is 70.6 Å². The maximum absolute atomic E-state index is 13.5. The molecule has 2 aromatic rings. The van der Waals surface area contributed by atoms with Crippen LogP contribution in [0, 0.1) is 11.8 Å². The molecule has 1 aromatic carbocycles. The van der Waals surface area contributed by atoms with Crippen molar-refractivity contribution in [1.29, 1.82) is 0 Å². The predicted octanol–water partition coefficient (Wildman–Crippen LogP) is 2.78. The summed E-state index contributed by atoms with van der Waals surface area (Å²) in [6, 6.07) is 8.93. The molecule has 1 aliphatic carbocycles. The lowest BCUT2D eigenvalue weighted by molar-refractivity contribution is -0.117. The summed E-state index contributed by atoms with van der Waals surface area (Å²) in [6.45, 7) is 5.61. The molecule has 1 aromatic heterocycles. The highest BCUT2D eigenvalue weighted by Crippen LogP contribution is 2.37. The van der Waals surface area contributed by atoms with E-state index in [9.17, 15) is 14.7 Å². The number of nitrogens with one attached hydrogen (secondary N) is 1. The molecule has 0 saturated heterocycles. The van der Waals surface area contributed by atoms with Gasteiger partial charge in [-0.05, 0) is 56.6 Å². The van der Waals surface area contributed by atoms with E-state index in [2.05, 4.69) is 22.1 Å². The van der Waals surface area contributed by atoms with Crippen molar-refractivity contribution in [3.05, 3.63) is 53.9 Å². The Kier molecular flexibility index (Phi) is 7.48. The van der Waals surface area contributed by atoms with E-state index in [-0.39, 0.29) is 42.4 Å². The average Bonchev–Trinajstić information content (AvgIpc) is 3.67. The molecule has 1 saturated carbocycles. The smallest absolute Gasteiger partial charge is 0.258 e. The molecule has 34 heavy (non-hydrogen) atoms. The van der Waals surface area contributed by atoms with Crippen LogP contribution in [0.15, 0.2) is 42.7 Å². The van der Waals surface area contributed by atoms with Crippen molar-refractivity contribution in [3.63, 3.8) is 0 Å². The Morgan fingerprint density at radius 1 is 1.29 bits per heavy atom. The van der Waals surface area contributed by atoms with Gasteiger partial charge in [-0.1, -0.05) is 13.0 Å². The summed E-state index contributed by atoms with van der Waals surface area (Å²) >= 11 is 0. The number of likely N-dealkylation sites (N-methyl/N-ethyl adjacent to an activating group) is 1. The highest BCUT2D eigenvalue weighted by Gasteiger charge is 2.35. The molecule has 0 bridgehead atoms. The van der Waals surface area contributed by atoms with Crippen molar-refractivity contribution in [2.24, 2.45) is 11.8 Å². The van der Waals surface area contributed by atoms with Crippen molar-refractivity contribution >= 4 is 17.5 Å². The van der Waals surface area contributed by atoms with E-state index in [0.717, 1.165) is 24.9 Å². The maximum atomic E-state index is 13.5. The number of aliphatic hydroxyl groups excluding tert-OH is 1. The van der Waals surface area contributed by atoms with Crippen molar-refractivity contribution in [2.75, 3.05) is 32.1 Å². The van der Waals surface area contributed by atoms with Gasteiger partial charge >= 0.3 is 0 Å². The number of ether oxygens (including phenoxy) is 1. The minimum absolute atomic E-state index is 0.00169. The summed E-state index contributed by atoms with van der Waals surface area (Å²) in [6.07, 6.45) is 5.11. The lowest BCUT2D eigenvalue weighted by Gasteiger charge is -2.38. The van der Waals surface area contributed by atoms with E-state index in [1.807, 2.05) is 26.1 Å². The van der Waals surface area contributed by atoms with Crippen LogP contribution in [0.3, 0.4) is 0 Å². The number of nitrogens with zero attached hydrogens (tertiary/aromatic N) is 3. The number of aliphatic hydroxyl groups is 1. The fourth-order valence-electron chi connectivity index (χ4n) is 4.31. The molecule has 2 heterocycles. The molecule has 8 nitrogen and oxygen atoms in total. The Labute approximate surface area is 200 Å². The number of benzene rings is 1. The zero-order chi connectivity index (χ0) is 24.2. The molecule has 8 heteroatoms. The number of carbonyl (C=O) groups is 2. The third kappa shape index (κ3) is 5.56. The van der Waals surface area contributed by atoms with Crippen LogP contribution in [-0.2, 0) is 11.3 Å². The number of aromatic nitrogens is 1. The lowest BCUT2D eigenvalue weighted by Crippen LogP contribution is -2.49. The third-order valence-electron chi connectivity index (χ3n) is 6.59. The Morgan fingerprint density at radius 3 is 2.71 bits per heavy atom. The number of anilines is 1. The molecule has 182 valence electrons. The van der Waals surface area contributed by atoms with Gasteiger partial charge in [-0.3, -0.25) is 19.5 Å². The Bertz CT molecular complexity index is 1010. The summed E-state index contributed by atoms with van der Waals surface area (Å²) in [5.41, 5.74) is 2.08. The highest BCUT2D eigenvalue weighted by molar-refractivity contribution is 6.02. The standard InChI is InChI=1S/C26H34N4O4/c1-17-13-30(18(2)16-31)26(33)21-5-4-6-22(28-25(32)20-7-8-20)24(21)34-23(17)15-29(3)14-19-9-11-27-12-10-19/h4-6,9-12,17-18,20,23,31H,7-8,13-16H2,1-3H3,(H,28,32)/t17-,18+,23+/m1/s1. The Morgan fingerprint density at radius 2 is 2.03 bits per heavy atom. The fraction of sp³-hybridized carbons (Fsp3) is 0.500. The number of hydrogen-bond acceptors (Lipinski definition) is 6. The average molecular weight is 467 g/mol. The Balaban J connectivity index is 1.64. The second-order valence-electron chi connectivity index (χ2n) is 9.62. The van der Waals surface area contributed by atoms with E-state index < -0.39 is 0 Å². The van der Waals surface area contributed by atoms with Gasteiger partial charge < -0.3 is 20.1 Å². The zero-order valence-electron chi connectivity index (χ0n) is 20.1. The molecule has 0 spiro atoms. The van der Waals surface area contributed by atoms with Gasteiger partial charge in [-0.2, -0.15) is 0 Å². The van der Waals surface area contributed by atoms with Crippen LogP contribution < -0.4 is 10.1 Å². The molecule has 2 amide bonds. The van der Waals surface area contributed by atoms with Crippen LogP contribution >= 0.6 is 0 Å². The first-order valence-electron chi connectivity index (χ1n) is 12.0. The van der Waals surface area contributed by atoms with Crippen molar-refractivity contribution in [2.45, 2.75) is 45.4 Å². The number of carbonyl (C=O) groups excluding carboxylic acids is 2. The highest BCUT2D eigenvalue weighted by atomic mass is 16.5. The molecule has 0 unspecified atom stereocenters. The normalized spacial score (nSPS) is 21.3. The van der Waals surface area contributed by atoms with Gasteiger partial charge in [0.05, 0.1) is 23.9 Å². The fourth-order valence-corrected chi connectivity index (χ4v) is 4.31. The van der Waals surface area contributed by atoms with Crippen molar-refractivity contribution < 1.29 is 19.4 Å². The molecule has 2 aliphatic rings. The number of hydrogen-bond donors (Lipinski definition) is 2. The summed E-state index contributed by atoms with van der Waals surface area (Å²) < 4.78 is 6.54. The van der Waals surface area contributed by atoms with Crippen LogP contribution in [0.4, 0.5) is 5.69 Å². The number of fused-ring (bicyclic) bond motifs is 1. The Hall–Kier alpha value is -2.97. The first kappa shape index (κ1) is 24.2. The van der Waals surface area contributed by atoms with Gasteiger partial charge in [0.25, 0.3) is 5.91 Å². The largest absolute Gasteiger partial charge is 0.486 e. The predicted molar refractivity (Wildman–Crippen MR) is 130 cm³/mol. The van der Waals surface area contributed by atoms with Crippen LogP contribution in [0.5, 0.6) is 5.75 Å². The lowest BCUT2D eigenvalue weighted by atomic mass is 9.98. The van der Waals surface area contributed by atoms with Gasteiger partial charge in [-0.25, -0.2) is 0 Å². The van der Waals surface area contributed by atoms with Crippen molar-refractivity contribution in [3.8, 4) is 5.75 Å². The molecule has 4 rings (SSSR count). The summed E-state index contributed by atoms with van der Waals surface area (Å²) in [4.78, 5) is 34.0. The van der Waals surface area contributed by atoms with Crippen LogP contribution in [0.2, 0.25) is 0 Å². The number of para-hydroxylation sites is 1. The molecule has 3 atom stereocenters. The first-order valence-corrected chi connectivity index (χ1v) is 12.0. The molecule has 1 aliphatic heterocycles. The van der Waals surface area contributed by atoms with Crippen molar-refractivity contribution in [1.82, 2.24) is 14.8 Å². The van der Waals surface area contributed by atoms with Gasteiger partial charge in [-0.15, -0.1) is 0 Å². The second kappa shape index (κ2) is 10.5. The third-order valence-corrected chi connectivity index (χ3v) is 6.59. The minimum Gasteiger partial charge on any atom is -0.486 e. The number of pyridine rings is 1. The summed E-state index contributed by atoms with van der Waals surface area (Å²) in [7, 11) is 2.04. The van der Waals surface area contributed by atoms with E-state index in [1.165, 1.54) is 0 Å². The molecular weight excluding hydrogens is 432 g/mol. The first-order chi connectivity index (χ1) is 16.4. The molecule has 1 fully saturated rings. The number of amides is 2. The van der Waals surface area contributed by atoms with E-state index >= 15 is 0 Å². The topological polar surface area (TPSA) is 95.0 Å². The van der Waals surface area contributed by atoms with Crippen LogP contribution in [0.25, 0.3) is 0 Å². The summed E-state index contributed by atoms with van der Waals surface area (Å²) in [5.74, 6) is 0.205. The minimum atomic E-state index is -0.333. The SMILES string of the molecule is C[C@@H]1CN([C@@H](C)CO)C(=O)c2cccc(NC(=O)C3CC3)c2O[C@H]1CN(C)Cc1ccncc1. The van der Waals surface area contributed by atoms with Gasteiger partial charge in [0.1, 0.15) is 6.10 Å². The summed E-state index contributed by atoms with van der Waals surface area (Å²) in [5, 5.41) is 12.8. The monoisotopic (exact) mass is 466 g/mol. The molecular formula is C26H34N4O4. The van der Waals surface area contributed by atoms with Gasteiger partial charge in [0.15, 0.2) is 5.75 Å². The van der Waals surface area contributed by atoms with E-state index in [4.69, 9.17) is 4.74 Å². The number of rotatable bonds is 8. The molecule has 2 N–H and O–H groups in total. The zero-order valence-corrected chi connectivity index (χ0v) is 20.1. The maximum Gasteiger partial charge on any atom is 0.258 e. The quantitative estimate of drug-likeness (QED) is 0.621.